The molecule has 2 amide bonds. The molecule has 2 heterocycles. The van der Waals surface area contributed by atoms with Crippen LogP contribution in [-0.4, -0.2) is 15.4 Å². The van der Waals surface area contributed by atoms with E-state index in [9.17, 15) is 9.18 Å². The highest BCUT2D eigenvalue weighted by atomic mass is 79.9. The predicted octanol–water partition coefficient (Wildman–Crippen LogP) is 3.87. The molecule has 0 spiro atoms. The number of nitrogens with zero attached hydrogens (tertiary/aromatic N) is 2. The zero-order valence-corrected chi connectivity index (χ0v) is 13.9. The van der Waals surface area contributed by atoms with Crippen molar-refractivity contribution in [3.05, 3.63) is 64.3 Å². The number of imidazole rings is 1. The maximum absolute atomic E-state index is 13.0. The lowest BCUT2D eigenvalue weighted by Crippen LogP contribution is -2.28. The minimum absolute atomic E-state index is 0.297. The van der Waals surface area contributed by atoms with Gasteiger partial charge >= 0.3 is 6.03 Å². The Bertz CT molecular complexity index is 878. The van der Waals surface area contributed by atoms with Gasteiger partial charge in [-0.3, -0.25) is 0 Å². The Morgan fingerprint density at radius 2 is 2.13 bits per heavy atom. The normalized spacial score (nSPS) is 10.7. The molecule has 23 heavy (non-hydrogen) atoms. The third-order valence-electron chi connectivity index (χ3n) is 3.33. The summed E-state index contributed by atoms with van der Waals surface area (Å²) in [7, 11) is 0. The summed E-state index contributed by atoms with van der Waals surface area (Å²) in [5.74, 6) is -0.329. The van der Waals surface area contributed by atoms with Gasteiger partial charge in [0.15, 0.2) is 0 Å². The topological polar surface area (TPSA) is 58.4 Å². The first kappa shape index (κ1) is 15.5. The highest BCUT2D eigenvalue weighted by Gasteiger charge is 2.07. The molecule has 0 bridgehead atoms. The Labute approximate surface area is 140 Å². The van der Waals surface area contributed by atoms with Gasteiger partial charge in [0, 0.05) is 22.6 Å². The number of aryl methyl sites for hydroxylation is 1. The number of fused-ring (bicyclic) bond motifs is 1. The van der Waals surface area contributed by atoms with Gasteiger partial charge in [-0.25, -0.2) is 14.2 Å². The number of pyridine rings is 1. The molecule has 0 aliphatic heterocycles. The third kappa shape index (κ3) is 3.68. The summed E-state index contributed by atoms with van der Waals surface area (Å²) < 4.78 is 15.9. The molecule has 3 rings (SSSR count). The lowest BCUT2D eigenvalue weighted by molar-refractivity contribution is 0.251. The van der Waals surface area contributed by atoms with Gasteiger partial charge in [0.1, 0.15) is 11.5 Å². The monoisotopic (exact) mass is 376 g/mol. The summed E-state index contributed by atoms with van der Waals surface area (Å²) in [5.41, 5.74) is 2.79. The van der Waals surface area contributed by atoms with Crippen molar-refractivity contribution in [1.29, 1.82) is 0 Å². The number of rotatable bonds is 3. The average Bonchev–Trinajstić information content (AvgIpc) is 2.90. The number of urea groups is 1. The summed E-state index contributed by atoms with van der Waals surface area (Å²) in [5, 5.41) is 5.43. The smallest absolute Gasteiger partial charge is 0.319 e. The molecule has 0 saturated carbocycles. The predicted molar refractivity (Wildman–Crippen MR) is 89.9 cm³/mol. The number of amides is 2. The molecule has 7 heteroatoms. The van der Waals surface area contributed by atoms with Gasteiger partial charge in [-0.1, -0.05) is 0 Å². The van der Waals surface area contributed by atoms with Crippen molar-refractivity contribution in [2.24, 2.45) is 0 Å². The van der Waals surface area contributed by atoms with Gasteiger partial charge in [-0.05, 0) is 58.7 Å². The number of aromatic nitrogens is 2. The molecule has 0 fully saturated rings. The average molecular weight is 377 g/mol. The van der Waals surface area contributed by atoms with Gasteiger partial charge < -0.3 is 15.0 Å². The summed E-state index contributed by atoms with van der Waals surface area (Å²) in [6.07, 6.45) is 3.75. The number of carbonyl (C=O) groups excluding carboxylic acids is 1. The summed E-state index contributed by atoms with van der Waals surface area (Å²) in [4.78, 5) is 16.3. The van der Waals surface area contributed by atoms with Crippen LogP contribution in [0.3, 0.4) is 0 Å². The lowest BCUT2D eigenvalue weighted by atomic mass is 10.2. The number of hydrogen-bond acceptors (Lipinski definition) is 2. The van der Waals surface area contributed by atoms with E-state index in [1.807, 2.05) is 28.9 Å². The van der Waals surface area contributed by atoms with Gasteiger partial charge in [0.2, 0.25) is 0 Å². The summed E-state index contributed by atoms with van der Waals surface area (Å²) >= 11 is 3.40. The van der Waals surface area contributed by atoms with Crippen molar-refractivity contribution < 1.29 is 9.18 Å². The van der Waals surface area contributed by atoms with Crippen LogP contribution in [0.25, 0.3) is 5.65 Å². The molecule has 0 radical (unpaired) electrons. The molecule has 0 aliphatic rings. The van der Waals surface area contributed by atoms with E-state index in [1.165, 1.54) is 18.2 Å². The first-order valence-corrected chi connectivity index (χ1v) is 7.75. The fourth-order valence-corrected chi connectivity index (χ4v) is 2.56. The van der Waals surface area contributed by atoms with Crippen molar-refractivity contribution in [3.63, 3.8) is 0 Å². The zero-order chi connectivity index (χ0) is 16.4. The maximum Gasteiger partial charge on any atom is 0.319 e. The van der Waals surface area contributed by atoms with Crippen LogP contribution in [0.4, 0.5) is 14.9 Å². The molecule has 2 aromatic heterocycles. The highest BCUT2D eigenvalue weighted by molar-refractivity contribution is 9.10. The number of benzene rings is 1. The second-order valence-electron chi connectivity index (χ2n) is 5.11. The molecule has 0 atom stereocenters. The van der Waals surface area contributed by atoms with E-state index >= 15 is 0 Å². The third-order valence-corrected chi connectivity index (χ3v) is 3.80. The van der Waals surface area contributed by atoms with Crippen LogP contribution >= 0.6 is 15.9 Å². The van der Waals surface area contributed by atoms with Crippen LogP contribution in [0.2, 0.25) is 0 Å². The van der Waals surface area contributed by atoms with E-state index in [4.69, 9.17) is 0 Å². The fraction of sp³-hybridized carbons (Fsp3) is 0.125. The van der Waals surface area contributed by atoms with Crippen molar-refractivity contribution >= 4 is 33.3 Å². The Morgan fingerprint density at radius 3 is 2.91 bits per heavy atom. The SMILES string of the molecule is Cc1cc(F)ccc1NC(=O)NCc1cn2cc(Br)ccc2n1. The molecule has 0 unspecified atom stereocenters. The van der Waals surface area contributed by atoms with E-state index < -0.39 is 0 Å². The lowest BCUT2D eigenvalue weighted by Gasteiger charge is -2.09. The zero-order valence-electron chi connectivity index (χ0n) is 12.3. The summed E-state index contributed by atoms with van der Waals surface area (Å²) in [6.45, 7) is 2.03. The number of carbonyl (C=O) groups is 1. The molecule has 0 aliphatic carbocycles. The number of nitrogens with one attached hydrogen (secondary N) is 2. The van der Waals surface area contributed by atoms with Crippen LogP contribution < -0.4 is 10.6 Å². The van der Waals surface area contributed by atoms with Crippen molar-refractivity contribution in [2.45, 2.75) is 13.5 Å². The van der Waals surface area contributed by atoms with Crippen molar-refractivity contribution in [3.8, 4) is 0 Å². The van der Waals surface area contributed by atoms with Crippen molar-refractivity contribution in [2.75, 3.05) is 5.32 Å². The standard InChI is InChI=1S/C16H14BrFN4O/c1-10-6-12(18)3-4-14(10)21-16(23)19-7-13-9-22-8-11(17)2-5-15(22)20-13/h2-6,8-9H,7H2,1H3,(H2,19,21,23). The van der Waals surface area contributed by atoms with Crippen LogP contribution in [0, 0.1) is 12.7 Å². The molecule has 0 saturated heterocycles. The fourth-order valence-electron chi connectivity index (χ4n) is 2.21. The van der Waals surface area contributed by atoms with Gasteiger partial charge in [-0.15, -0.1) is 0 Å². The van der Waals surface area contributed by atoms with Gasteiger partial charge in [-0.2, -0.15) is 0 Å². The van der Waals surface area contributed by atoms with Gasteiger partial charge in [0.05, 0.1) is 12.2 Å². The van der Waals surface area contributed by atoms with Crippen LogP contribution in [0.5, 0.6) is 0 Å². The van der Waals surface area contributed by atoms with Crippen LogP contribution in [0.15, 0.2) is 47.2 Å². The number of halogens is 2. The Balaban J connectivity index is 1.63. The quantitative estimate of drug-likeness (QED) is 0.728. The first-order chi connectivity index (χ1) is 11.0. The molecular formula is C16H14BrFN4O. The largest absolute Gasteiger partial charge is 0.332 e. The molecule has 5 nitrogen and oxygen atoms in total. The number of hydrogen-bond donors (Lipinski definition) is 2. The minimum atomic E-state index is -0.363. The number of anilines is 1. The Kier molecular flexibility index (Phi) is 4.29. The minimum Gasteiger partial charge on any atom is -0.332 e. The van der Waals surface area contributed by atoms with Crippen molar-refractivity contribution in [1.82, 2.24) is 14.7 Å². The van der Waals surface area contributed by atoms with Crippen LogP contribution in [0.1, 0.15) is 11.3 Å². The van der Waals surface area contributed by atoms with Crippen LogP contribution in [-0.2, 0) is 6.54 Å². The van der Waals surface area contributed by atoms with E-state index in [2.05, 4.69) is 31.5 Å². The molecule has 118 valence electrons. The Morgan fingerprint density at radius 1 is 1.30 bits per heavy atom. The highest BCUT2D eigenvalue weighted by Crippen LogP contribution is 2.15. The Hall–Kier alpha value is -2.41. The molecule has 1 aromatic carbocycles. The molecule has 2 N–H and O–H groups in total. The second-order valence-corrected chi connectivity index (χ2v) is 6.03. The molecular weight excluding hydrogens is 363 g/mol. The van der Waals surface area contributed by atoms with E-state index in [-0.39, 0.29) is 11.8 Å². The van der Waals surface area contributed by atoms with Gasteiger partial charge in [0.25, 0.3) is 0 Å². The second kappa shape index (κ2) is 6.37. The first-order valence-electron chi connectivity index (χ1n) is 6.95. The van der Waals surface area contributed by atoms with E-state index in [1.54, 1.807) is 6.92 Å². The molecule has 3 aromatic rings. The summed E-state index contributed by atoms with van der Waals surface area (Å²) in [6, 6.07) is 7.64. The van der Waals surface area contributed by atoms with E-state index in [0.717, 1.165) is 15.8 Å². The maximum atomic E-state index is 13.0. The van der Waals surface area contributed by atoms with E-state index in [0.29, 0.717) is 17.8 Å².